The molecule has 0 aliphatic carbocycles. The quantitative estimate of drug-likeness (QED) is 0.466. The first kappa shape index (κ1) is 11.5. The van der Waals surface area contributed by atoms with Crippen LogP contribution in [0.15, 0.2) is 30.3 Å². The number of hydrogen-bond acceptors (Lipinski definition) is 4. The van der Waals surface area contributed by atoms with Gasteiger partial charge in [-0.05, 0) is 6.92 Å². The van der Waals surface area contributed by atoms with Crippen LogP contribution in [0.5, 0.6) is 0 Å². The van der Waals surface area contributed by atoms with Gasteiger partial charge in [0.2, 0.25) is 0 Å². The lowest BCUT2D eigenvalue weighted by Crippen LogP contribution is -1.93. The summed E-state index contributed by atoms with van der Waals surface area (Å²) in [5.41, 5.74) is 1.24. The summed E-state index contributed by atoms with van der Waals surface area (Å²) in [6, 6.07) is 7.81. The first-order valence-electron chi connectivity index (χ1n) is 4.82. The van der Waals surface area contributed by atoms with Crippen molar-refractivity contribution in [2.75, 3.05) is 0 Å². The molecule has 0 fully saturated rings. The van der Waals surface area contributed by atoms with E-state index in [1.165, 1.54) is 12.1 Å². The van der Waals surface area contributed by atoms with Crippen LogP contribution in [0, 0.1) is 17.0 Å². The van der Waals surface area contributed by atoms with Crippen molar-refractivity contribution in [1.29, 1.82) is 0 Å². The molecule has 0 bridgehead atoms. The molecule has 2 aromatic rings. The zero-order valence-corrected chi connectivity index (χ0v) is 9.68. The highest BCUT2D eigenvalue weighted by Crippen LogP contribution is 2.23. The van der Waals surface area contributed by atoms with E-state index in [9.17, 15) is 10.1 Å². The zero-order chi connectivity index (χ0) is 12.4. The van der Waals surface area contributed by atoms with Gasteiger partial charge in [-0.2, -0.15) is 0 Å². The first-order valence-corrected chi connectivity index (χ1v) is 5.20. The summed E-state index contributed by atoms with van der Waals surface area (Å²) < 4.78 is 0. The summed E-state index contributed by atoms with van der Waals surface area (Å²) in [5, 5.41) is 11.0. The Morgan fingerprint density at radius 2 is 2.06 bits per heavy atom. The minimum absolute atomic E-state index is 0.0230. The first-order chi connectivity index (χ1) is 8.06. The summed E-state index contributed by atoms with van der Waals surface area (Å²) in [6.45, 7) is 1.72. The molecule has 0 saturated heterocycles. The topological polar surface area (TPSA) is 68.9 Å². The minimum Gasteiger partial charge on any atom is -0.258 e. The molecular weight excluding hydrogens is 242 g/mol. The van der Waals surface area contributed by atoms with Crippen molar-refractivity contribution in [3.8, 4) is 11.3 Å². The molecule has 0 spiro atoms. The summed E-state index contributed by atoms with van der Waals surface area (Å²) in [5.74, 6) is 0.527. The van der Waals surface area contributed by atoms with E-state index in [4.69, 9.17) is 11.6 Å². The second-order valence-electron chi connectivity index (χ2n) is 3.43. The van der Waals surface area contributed by atoms with Crippen molar-refractivity contribution in [1.82, 2.24) is 9.97 Å². The Morgan fingerprint density at radius 1 is 1.29 bits per heavy atom. The van der Waals surface area contributed by atoms with Crippen molar-refractivity contribution in [3.05, 3.63) is 51.4 Å². The van der Waals surface area contributed by atoms with E-state index in [1.54, 1.807) is 25.1 Å². The third-order valence-electron chi connectivity index (χ3n) is 2.16. The van der Waals surface area contributed by atoms with Crippen LogP contribution < -0.4 is 0 Å². The largest absolute Gasteiger partial charge is 0.270 e. The average Bonchev–Trinajstić information content (AvgIpc) is 2.28. The normalized spacial score (nSPS) is 10.2. The van der Waals surface area contributed by atoms with Gasteiger partial charge in [-0.15, -0.1) is 0 Å². The number of nitro groups is 1. The van der Waals surface area contributed by atoms with Crippen LogP contribution in [-0.2, 0) is 0 Å². The number of halogens is 1. The van der Waals surface area contributed by atoms with E-state index in [0.717, 1.165) is 0 Å². The predicted octanol–water partition coefficient (Wildman–Crippen LogP) is 3.01. The van der Waals surface area contributed by atoms with Gasteiger partial charge in [-0.1, -0.05) is 23.7 Å². The maximum atomic E-state index is 10.7. The number of nitro benzene ring substituents is 1. The van der Waals surface area contributed by atoms with Crippen molar-refractivity contribution in [2.24, 2.45) is 0 Å². The van der Waals surface area contributed by atoms with Gasteiger partial charge in [0.1, 0.15) is 11.0 Å². The second kappa shape index (κ2) is 4.47. The van der Waals surface area contributed by atoms with E-state index in [-0.39, 0.29) is 5.69 Å². The number of non-ortho nitro benzene ring substituents is 1. The molecule has 0 N–H and O–H groups in total. The molecule has 2 rings (SSSR count). The Labute approximate surface area is 102 Å². The molecule has 5 nitrogen and oxygen atoms in total. The molecule has 0 amide bonds. The van der Waals surface area contributed by atoms with E-state index in [1.807, 2.05) is 0 Å². The smallest absolute Gasteiger partial charge is 0.258 e. The molecule has 1 aromatic heterocycles. The third-order valence-corrected chi connectivity index (χ3v) is 2.35. The molecule has 6 heteroatoms. The fraction of sp³-hybridized carbons (Fsp3) is 0.0909. The number of hydrogen-bond donors (Lipinski definition) is 0. The predicted molar refractivity (Wildman–Crippen MR) is 63.9 cm³/mol. The van der Waals surface area contributed by atoms with Crippen molar-refractivity contribution >= 4 is 17.3 Å². The summed E-state index contributed by atoms with van der Waals surface area (Å²) in [4.78, 5) is 18.3. The van der Waals surface area contributed by atoms with Gasteiger partial charge in [-0.3, -0.25) is 10.1 Å². The van der Waals surface area contributed by atoms with Gasteiger partial charge in [0.05, 0.1) is 10.6 Å². The van der Waals surface area contributed by atoms with Gasteiger partial charge < -0.3 is 0 Å². The van der Waals surface area contributed by atoms with E-state index in [2.05, 4.69) is 9.97 Å². The van der Waals surface area contributed by atoms with Crippen LogP contribution >= 0.6 is 11.6 Å². The van der Waals surface area contributed by atoms with Gasteiger partial charge in [0, 0.05) is 23.8 Å². The average molecular weight is 250 g/mol. The van der Waals surface area contributed by atoms with Crippen molar-refractivity contribution < 1.29 is 4.92 Å². The number of rotatable bonds is 2. The maximum Gasteiger partial charge on any atom is 0.270 e. The molecule has 0 unspecified atom stereocenters. The fourth-order valence-corrected chi connectivity index (χ4v) is 1.68. The second-order valence-corrected chi connectivity index (χ2v) is 3.82. The number of benzene rings is 1. The molecule has 0 radical (unpaired) electrons. The summed E-state index contributed by atoms with van der Waals surface area (Å²) in [6.07, 6.45) is 0. The summed E-state index contributed by atoms with van der Waals surface area (Å²) in [7, 11) is 0. The molecule has 1 heterocycles. The molecule has 1 aromatic carbocycles. The van der Waals surface area contributed by atoms with Crippen LogP contribution in [0.2, 0.25) is 5.15 Å². The Kier molecular flexibility index (Phi) is 3.01. The van der Waals surface area contributed by atoms with Crippen LogP contribution in [0.25, 0.3) is 11.3 Å². The number of aryl methyl sites for hydroxylation is 1. The Hall–Kier alpha value is -2.01. The van der Waals surface area contributed by atoms with E-state index < -0.39 is 4.92 Å². The van der Waals surface area contributed by atoms with Gasteiger partial charge in [-0.25, -0.2) is 9.97 Å². The highest BCUT2D eigenvalue weighted by atomic mass is 35.5. The lowest BCUT2D eigenvalue weighted by molar-refractivity contribution is -0.384. The highest BCUT2D eigenvalue weighted by Gasteiger charge is 2.09. The minimum atomic E-state index is -0.445. The van der Waals surface area contributed by atoms with E-state index in [0.29, 0.717) is 22.2 Å². The van der Waals surface area contributed by atoms with Crippen LogP contribution in [-0.4, -0.2) is 14.9 Å². The van der Waals surface area contributed by atoms with Crippen molar-refractivity contribution in [3.63, 3.8) is 0 Å². The molecule has 17 heavy (non-hydrogen) atoms. The van der Waals surface area contributed by atoms with E-state index >= 15 is 0 Å². The Balaban J connectivity index is 2.52. The van der Waals surface area contributed by atoms with Crippen molar-refractivity contribution in [2.45, 2.75) is 6.92 Å². The lowest BCUT2D eigenvalue weighted by Gasteiger charge is -2.02. The molecule has 0 saturated carbocycles. The van der Waals surface area contributed by atoms with Gasteiger partial charge in [0.25, 0.3) is 5.69 Å². The standard InChI is InChI=1S/C11H8ClN3O2/c1-7-13-10(6-11(12)14-7)8-3-2-4-9(5-8)15(16)17/h2-6H,1H3. The zero-order valence-electron chi connectivity index (χ0n) is 8.92. The molecule has 86 valence electrons. The van der Waals surface area contributed by atoms with Gasteiger partial charge in [0.15, 0.2) is 0 Å². The molecule has 0 atom stereocenters. The van der Waals surface area contributed by atoms with Crippen LogP contribution in [0.1, 0.15) is 5.82 Å². The molecule has 0 aliphatic rings. The monoisotopic (exact) mass is 249 g/mol. The van der Waals surface area contributed by atoms with Gasteiger partial charge >= 0.3 is 0 Å². The van der Waals surface area contributed by atoms with Crippen LogP contribution in [0.3, 0.4) is 0 Å². The SMILES string of the molecule is Cc1nc(Cl)cc(-c2cccc([N+](=O)[O-])c2)n1. The number of aromatic nitrogens is 2. The highest BCUT2D eigenvalue weighted by molar-refractivity contribution is 6.29. The Morgan fingerprint density at radius 3 is 2.71 bits per heavy atom. The third kappa shape index (κ3) is 2.57. The summed E-state index contributed by atoms with van der Waals surface area (Å²) >= 11 is 5.82. The molecular formula is C11H8ClN3O2. The lowest BCUT2D eigenvalue weighted by atomic mass is 10.1. The Bertz CT molecular complexity index is 566. The maximum absolute atomic E-state index is 10.7. The molecule has 0 aliphatic heterocycles. The number of nitrogens with zero attached hydrogens (tertiary/aromatic N) is 3. The van der Waals surface area contributed by atoms with Crippen LogP contribution in [0.4, 0.5) is 5.69 Å². The fourth-order valence-electron chi connectivity index (χ4n) is 1.46.